The van der Waals surface area contributed by atoms with Gasteiger partial charge in [0.2, 0.25) is 5.91 Å². The number of amides is 1. The minimum absolute atomic E-state index is 0.102. The van der Waals surface area contributed by atoms with Crippen LogP contribution in [0.4, 0.5) is 4.39 Å². The molecule has 3 aromatic rings. The van der Waals surface area contributed by atoms with E-state index in [0.717, 1.165) is 16.0 Å². The van der Waals surface area contributed by atoms with Crippen LogP contribution in [-0.4, -0.2) is 39.6 Å². The van der Waals surface area contributed by atoms with Gasteiger partial charge in [0.1, 0.15) is 18.2 Å². The number of thiophene rings is 1. The number of carbonyl (C=O) groups excluding carboxylic acids is 1. The summed E-state index contributed by atoms with van der Waals surface area (Å²) < 4.78 is 14.7. The summed E-state index contributed by atoms with van der Waals surface area (Å²) in [5.74, 6) is -0.102. The fourth-order valence-electron chi connectivity index (χ4n) is 2.85. The van der Waals surface area contributed by atoms with Crippen LogP contribution in [0, 0.1) is 6.92 Å². The quantitative estimate of drug-likeness (QED) is 0.707. The van der Waals surface area contributed by atoms with E-state index in [4.69, 9.17) is 11.6 Å². The Morgan fingerprint density at radius 2 is 2.25 bits per heavy atom. The van der Waals surface area contributed by atoms with Crippen molar-refractivity contribution < 1.29 is 9.18 Å². The Balaban J connectivity index is 1.68. The molecule has 3 aromatic heterocycles. The number of pyridine rings is 1. The number of hydrogen-bond acceptors (Lipinski definition) is 3. The van der Waals surface area contributed by atoms with Gasteiger partial charge >= 0.3 is 0 Å². The maximum Gasteiger partial charge on any atom is 0.242 e. The first-order valence-electron chi connectivity index (χ1n) is 7.64. The third-order valence-electron chi connectivity index (χ3n) is 4.19. The topological polar surface area (TPSA) is 38.1 Å². The van der Waals surface area contributed by atoms with Crippen LogP contribution < -0.4 is 0 Å². The van der Waals surface area contributed by atoms with Gasteiger partial charge in [-0.1, -0.05) is 11.6 Å². The van der Waals surface area contributed by atoms with E-state index in [2.05, 4.69) is 24.0 Å². The van der Waals surface area contributed by atoms with Crippen molar-refractivity contribution in [3.63, 3.8) is 0 Å². The summed E-state index contributed by atoms with van der Waals surface area (Å²) in [4.78, 5) is 20.6. The molecular formula is C17H15ClFN3OS. The van der Waals surface area contributed by atoms with Gasteiger partial charge in [-0.2, -0.15) is 0 Å². The predicted octanol–water partition coefficient (Wildman–Crippen LogP) is 3.91. The molecule has 0 atom stereocenters. The molecular weight excluding hydrogens is 349 g/mol. The first-order valence-corrected chi connectivity index (χ1v) is 8.84. The highest BCUT2D eigenvalue weighted by molar-refractivity contribution is 7.15. The molecule has 1 fully saturated rings. The Kier molecular flexibility index (Phi) is 3.81. The zero-order valence-electron chi connectivity index (χ0n) is 13.0. The second-order valence-electron chi connectivity index (χ2n) is 6.00. The first kappa shape index (κ1) is 15.6. The van der Waals surface area contributed by atoms with E-state index >= 15 is 0 Å². The number of halogens is 2. The van der Waals surface area contributed by atoms with E-state index in [1.807, 2.05) is 6.07 Å². The molecule has 0 unspecified atom stereocenters. The van der Waals surface area contributed by atoms with Crippen LogP contribution in [0.5, 0.6) is 0 Å². The predicted molar refractivity (Wildman–Crippen MR) is 94.3 cm³/mol. The molecule has 1 saturated heterocycles. The first-order chi connectivity index (χ1) is 11.5. The smallest absolute Gasteiger partial charge is 0.242 e. The molecule has 0 spiro atoms. The number of fused-ring (bicyclic) bond motifs is 1. The molecule has 4 nitrogen and oxygen atoms in total. The van der Waals surface area contributed by atoms with Gasteiger partial charge in [-0.15, -0.1) is 11.3 Å². The SMILES string of the molecule is Cc1ccc(-c2cnc3c(Cl)cn(CC(=O)N4CC(F)C4)c3c2)s1. The largest absolute Gasteiger partial charge is 0.335 e. The van der Waals surface area contributed by atoms with Gasteiger partial charge in [-0.3, -0.25) is 9.78 Å². The lowest BCUT2D eigenvalue weighted by Gasteiger charge is -2.34. The Morgan fingerprint density at radius 3 is 2.92 bits per heavy atom. The van der Waals surface area contributed by atoms with E-state index in [0.29, 0.717) is 10.5 Å². The van der Waals surface area contributed by atoms with Gasteiger partial charge in [-0.05, 0) is 25.1 Å². The molecule has 4 heterocycles. The second-order valence-corrected chi connectivity index (χ2v) is 7.70. The van der Waals surface area contributed by atoms with Gasteiger partial charge in [-0.25, -0.2) is 4.39 Å². The summed E-state index contributed by atoms with van der Waals surface area (Å²) >= 11 is 7.94. The highest BCUT2D eigenvalue weighted by Crippen LogP contribution is 2.32. The zero-order chi connectivity index (χ0) is 16.8. The molecule has 0 N–H and O–H groups in total. The Hall–Kier alpha value is -1.92. The molecule has 0 aromatic carbocycles. The average molecular weight is 364 g/mol. The van der Waals surface area contributed by atoms with Crippen LogP contribution in [0.15, 0.2) is 30.6 Å². The van der Waals surface area contributed by atoms with E-state index in [9.17, 15) is 9.18 Å². The number of carbonyl (C=O) groups is 1. The van der Waals surface area contributed by atoms with Crippen LogP contribution >= 0.6 is 22.9 Å². The summed E-state index contributed by atoms with van der Waals surface area (Å²) in [6.07, 6.45) is 2.62. The molecule has 0 aliphatic carbocycles. The molecule has 1 aliphatic rings. The monoisotopic (exact) mass is 363 g/mol. The molecule has 1 aliphatic heterocycles. The van der Waals surface area contributed by atoms with Crippen LogP contribution in [0.1, 0.15) is 4.88 Å². The Labute approximate surface area is 147 Å². The Morgan fingerprint density at radius 1 is 1.46 bits per heavy atom. The number of aryl methyl sites for hydroxylation is 1. The van der Waals surface area contributed by atoms with Crippen molar-refractivity contribution in [3.8, 4) is 10.4 Å². The summed E-state index contributed by atoms with van der Waals surface area (Å²) in [7, 11) is 0. The van der Waals surface area contributed by atoms with Crippen LogP contribution in [-0.2, 0) is 11.3 Å². The van der Waals surface area contributed by atoms with E-state index in [1.165, 1.54) is 9.78 Å². The minimum Gasteiger partial charge on any atom is -0.335 e. The van der Waals surface area contributed by atoms with E-state index < -0.39 is 6.17 Å². The van der Waals surface area contributed by atoms with Gasteiger partial charge in [0.25, 0.3) is 0 Å². The van der Waals surface area contributed by atoms with Crippen molar-refractivity contribution in [1.82, 2.24) is 14.5 Å². The molecule has 1 amide bonds. The van der Waals surface area contributed by atoms with Crippen molar-refractivity contribution in [2.45, 2.75) is 19.6 Å². The van der Waals surface area contributed by atoms with Crippen molar-refractivity contribution in [3.05, 3.63) is 40.5 Å². The summed E-state index contributed by atoms with van der Waals surface area (Å²) in [6.45, 7) is 2.57. The van der Waals surface area contributed by atoms with Crippen molar-refractivity contribution in [2.75, 3.05) is 13.1 Å². The number of aromatic nitrogens is 2. The molecule has 124 valence electrons. The Bertz CT molecular complexity index is 929. The second kappa shape index (κ2) is 5.86. The molecule has 24 heavy (non-hydrogen) atoms. The normalized spacial score (nSPS) is 15.0. The lowest BCUT2D eigenvalue weighted by atomic mass is 10.2. The summed E-state index contributed by atoms with van der Waals surface area (Å²) in [6, 6.07) is 6.13. The van der Waals surface area contributed by atoms with Gasteiger partial charge in [0.05, 0.1) is 23.6 Å². The highest BCUT2D eigenvalue weighted by Gasteiger charge is 2.30. The fraction of sp³-hybridized carbons (Fsp3) is 0.294. The van der Waals surface area contributed by atoms with Crippen LogP contribution in [0.3, 0.4) is 0 Å². The zero-order valence-corrected chi connectivity index (χ0v) is 14.6. The molecule has 7 heteroatoms. The minimum atomic E-state index is -0.894. The van der Waals surface area contributed by atoms with Crippen LogP contribution in [0.2, 0.25) is 5.02 Å². The fourth-order valence-corrected chi connectivity index (χ4v) is 3.96. The molecule has 0 bridgehead atoms. The number of likely N-dealkylation sites (tertiary alicyclic amines) is 1. The van der Waals surface area contributed by atoms with Gasteiger partial charge < -0.3 is 9.47 Å². The third kappa shape index (κ3) is 2.70. The summed E-state index contributed by atoms with van der Waals surface area (Å²) in [5, 5.41) is 0.513. The third-order valence-corrected chi connectivity index (χ3v) is 5.52. The lowest BCUT2D eigenvalue weighted by molar-refractivity contribution is -0.138. The van der Waals surface area contributed by atoms with E-state index in [-0.39, 0.29) is 25.5 Å². The van der Waals surface area contributed by atoms with Gasteiger partial charge in [0, 0.05) is 27.7 Å². The highest BCUT2D eigenvalue weighted by atomic mass is 35.5. The standard InChI is InChI=1S/C17H15ClFN3OS/c1-10-2-3-15(24-10)11-4-14-17(20-5-11)13(18)8-21(14)9-16(23)22-6-12(19)7-22/h2-5,8,12H,6-7,9H2,1H3. The number of alkyl halides is 1. The maximum atomic E-state index is 12.9. The van der Waals surface area contributed by atoms with Crippen molar-refractivity contribution >= 4 is 39.9 Å². The molecule has 4 rings (SSSR count). The number of nitrogens with zero attached hydrogens (tertiary/aromatic N) is 3. The molecule has 0 radical (unpaired) electrons. The number of rotatable bonds is 3. The van der Waals surface area contributed by atoms with Crippen molar-refractivity contribution in [2.24, 2.45) is 0 Å². The van der Waals surface area contributed by atoms with Crippen molar-refractivity contribution in [1.29, 1.82) is 0 Å². The number of hydrogen-bond donors (Lipinski definition) is 0. The van der Waals surface area contributed by atoms with E-state index in [1.54, 1.807) is 28.3 Å². The maximum absolute atomic E-state index is 12.9. The lowest BCUT2D eigenvalue weighted by Crippen LogP contribution is -2.52. The average Bonchev–Trinajstić information content (AvgIpc) is 3.08. The van der Waals surface area contributed by atoms with Gasteiger partial charge in [0.15, 0.2) is 0 Å². The molecule has 0 saturated carbocycles. The van der Waals surface area contributed by atoms with Crippen LogP contribution in [0.25, 0.3) is 21.5 Å². The summed E-state index contributed by atoms with van der Waals surface area (Å²) in [5.41, 5.74) is 2.49.